The van der Waals surface area contributed by atoms with Gasteiger partial charge in [-0.1, -0.05) is 25.1 Å². The van der Waals surface area contributed by atoms with Crippen LogP contribution in [-0.2, 0) is 14.4 Å². The fourth-order valence-corrected chi connectivity index (χ4v) is 1.22. The van der Waals surface area contributed by atoms with Crippen LogP contribution >= 0.6 is 0 Å². The van der Waals surface area contributed by atoms with Gasteiger partial charge in [-0.2, -0.15) is 0 Å². The van der Waals surface area contributed by atoms with Gasteiger partial charge in [0.05, 0.1) is 0 Å². The number of rotatable bonds is 7. The number of hydroxylamine groups is 1. The minimum atomic E-state index is -1.16. The van der Waals surface area contributed by atoms with Gasteiger partial charge in [0.2, 0.25) is 0 Å². The maximum absolute atomic E-state index is 11.6. The molecule has 0 aliphatic heterocycles. The van der Waals surface area contributed by atoms with E-state index in [-0.39, 0.29) is 0 Å². The van der Waals surface area contributed by atoms with E-state index in [0.717, 1.165) is 0 Å². The number of benzene rings is 1. The Balaban J connectivity index is 2.45. The molecular weight excluding hydrogens is 238 g/mol. The second kappa shape index (κ2) is 7.29. The molecule has 1 unspecified atom stereocenters. The molecule has 0 aliphatic carbocycles. The Bertz CT molecular complexity index is 393. The minimum Gasteiger partial charge on any atom is -0.481 e. The summed E-state index contributed by atoms with van der Waals surface area (Å²) in [5, 5.41) is 8.35. The van der Waals surface area contributed by atoms with Crippen molar-refractivity contribution in [1.82, 2.24) is 5.48 Å². The van der Waals surface area contributed by atoms with E-state index in [1.54, 1.807) is 31.2 Å². The molecule has 0 fully saturated rings. The highest BCUT2D eigenvalue weighted by molar-refractivity contribution is 5.80. The van der Waals surface area contributed by atoms with Crippen molar-refractivity contribution in [1.29, 1.82) is 0 Å². The van der Waals surface area contributed by atoms with Crippen LogP contribution in [0.5, 0.6) is 5.75 Å². The predicted molar refractivity (Wildman–Crippen MR) is 62.9 cm³/mol. The molecule has 0 saturated carbocycles. The van der Waals surface area contributed by atoms with Crippen molar-refractivity contribution >= 4 is 11.9 Å². The van der Waals surface area contributed by atoms with Crippen molar-refractivity contribution in [3.8, 4) is 5.75 Å². The molecule has 18 heavy (non-hydrogen) atoms. The molecule has 1 rings (SSSR count). The summed E-state index contributed by atoms with van der Waals surface area (Å²) < 4.78 is 5.44. The average Bonchev–Trinajstić information content (AvgIpc) is 2.36. The summed E-state index contributed by atoms with van der Waals surface area (Å²) in [6.07, 6.45) is -0.279. The van der Waals surface area contributed by atoms with Gasteiger partial charge in [0.1, 0.15) is 5.75 Å². The Morgan fingerprint density at radius 1 is 1.33 bits per heavy atom. The van der Waals surface area contributed by atoms with Crippen LogP contribution in [-0.4, -0.2) is 29.7 Å². The number of hydrogen-bond acceptors (Lipinski definition) is 4. The molecule has 0 bridgehead atoms. The van der Waals surface area contributed by atoms with Crippen LogP contribution in [0, 0.1) is 0 Å². The lowest BCUT2D eigenvalue weighted by Crippen LogP contribution is -2.38. The first kappa shape index (κ1) is 14.0. The van der Waals surface area contributed by atoms with Gasteiger partial charge >= 0.3 is 5.97 Å². The highest BCUT2D eigenvalue weighted by Crippen LogP contribution is 2.12. The van der Waals surface area contributed by atoms with Crippen LogP contribution in [0.3, 0.4) is 0 Å². The quantitative estimate of drug-likeness (QED) is 0.707. The highest BCUT2D eigenvalue weighted by Gasteiger charge is 2.18. The van der Waals surface area contributed by atoms with Crippen molar-refractivity contribution in [3.05, 3.63) is 30.3 Å². The maximum atomic E-state index is 11.6. The van der Waals surface area contributed by atoms with Gasteiger partial charge < -0.3 is 9.84 Å². The van der Waals surface area contributed by atoms with Crippen molar-refractivity contribution < 1.29 is 24.3 Å². The number of carbonyl (C=O) groups excluding carboxylic acids is 1. The SMILES string of the molecule is CCC(Oc1ccccc1)C(=O)NOCC(=O)O. The third-order valence-corrected chi connectivity index (χ3v) is 2.05. The van der Waals surface area contributed by atoms with E-state index in [1.165, 1.54) is 0 Å². The number of para-hydroxylation sites is 1. The molecule has 0 spiro atoms. The number of aliphatic carboxylic acids is 1. The number of nitrogens with one attached hydrogen (secondary N) is 1. The third-order valence-electron chi connectivity index (χ3n) is 2.05. The summed E-state index contributed by atoms with van der Waals surface area (Å²) >= 11 is 0. The molecule has 1 atom stereocenters. The Labute approximate surface area is 104 Å². The summed E-state index contributed by atoms with van der Waals surface area (Å²) in [7, 11) is 0. The normalized spacial score (nSPS) is 11.6. The number of carboxylic acid groups (broad SMARTS) is 1. The van der Waals surface area contributed by atoms with Crippen LogP contribution in [0.1, 0.15) is 13.3 Å². The Kier molecular flexibility index (Phi) is 5.66. The lowest BCUT2D eigenvalue weighted by atomic mass is 10.2. The zero-order valence-electron chi connectivity index (χ0n) is 9.96. The molecule has 2 N–H and O–H groups in total. The number of hydrogen-bond donors (Lipinski definition) is 2. The first-order valence-corrected chi connectivity index (χ1v) is 5.48. The van der Waals surface area contributed by atoms with Gasteiger partial charge in [0, 0.05) is 0 Å². The van der Waals surface area contributed by atoms with Crippen molar-refractivity contribution in [2.45, 2.75) is 19.4 Å². The average molecular weight is 253 g/mol. The zero-order chi connectivity index (χ0) is 13.4. The monoisotopic (exact) mass is 253 g/mol. The van der Waals surface area contributed by atoms with Crippen LogP contribution < -0.4 is 10.2 Å². The molecule has 0 saturated heterocycles. The predicted octanol–water partition coefficient (Wildman–Crippen LogP) is 0.976. The fraction of sp³-hybridized carbons (Fsp3) is 0.333. The molecule has 0 radical (unpaired) electrons. The van der Waals surface area contributed by atoms with Crippen LogP contribution in [0.2, 0.25) is 0 Å². The smallest absolute Gasteiger partial charge is 0.332 e. The number of amides is 1. The van der Waals surface area contributed by atoms with E-state index in [4.69, 9.17) is 9.84 Å². The summed E-state index contributed by atoms with van der Waals surface area (Å²) in [6.45, 7) is 1.19. The van der Waals surface area contributed by atoms with Gasteiger partial charge in [-0.3, -0.25) is 9.63 Å². The molecule has 6 heteroatoms. The summed E-state index contributed by atoms with van der Waals surface area (Å²) in [5.74, 6) is -1.10. The van der Waals surface area contributed by atoms with E-state index in [9.17, 15) is 9.59 Å². The molecule has 0 heterocycles. The fourth-order valence-electron chi connectivity index (χ4n) is 1.22. The second-order valence-electron chi connectivity index (χ2n) is 3.48. The van der Waals surface area contributed by atoms with Gasteiger partial charge in [0.15, 0.2) is 12.7 Å². The van der Waals surface area contributed by atoms with Gasteiger partial charge in [-0.05, 0) is 18.6 Å². The van der Waals surface area contributed by atoms with E-state index >= 15 is 0 Å². The third kappa shape index (κ3) is 4.84. The van der Waals surface area contributed by atoms with E-state index in [2.05, 4.69) is 4.84 Å². The lowest BCUT2D eigenvalue weighted by Gasteiger charge is -2.16. The van der Waals surface area contributed by atoms with Crippen LogP contribution in [0.25, 0.3) is 0 Å². The first-order valence-electron chi connectivity index (χ1n) is 5.48. The molecule has 1 aromatic carbocycles. The van der Waals surface area contributed by atoms with E-state index in [1.807, 2.05) is 11.5 Å². The summed E-state index contributed by atoms with van der Waals surface area (Å²) in [6, 6.07) is 8.88. The highest BCUT2D eigenvalue weighted by atomic mass is 16.7. The molecule has 98 valence electrons. The Morgan fingerprint density at radius 3 is 2.56 bits per heavy atom. The molecule has 1 amide bonds. The standard InChI is InChI=1S/C12H15NO5/c1-2-10(12(16)13-17-8-11(14)15)18-9-6-4-3-5-7-9/h3-7,10H,2,8H2,1H3,(H,13,16)(H,14,15). The van der Waals surface area contributed by atoms with Crippen molar-refractivity contribution in [3.63, 3.8) is 0 Å². The van der Waals surface area contributed by atoms with Crippen molar-refractivity contribution in [2.75, 3.05) is 6.61 Å². The van der Waals surface area contributed by atoms with Gasteiger partial charge in [0.25, 0.3) is 5.91 Å². The van der Waals surface area contributed by atoms with E-state index in [0.29, 0.717) is 12.2 Å². The molecule has 0 aliphatic rings. The maximum Gasteiger partial charge on any atom is 0.332 e. The number of carbonyl (C=O) groups is 2. The first-order chi connectivity index (χ1) is 8.63. The number of carboxylic acids is 1. The Morgan fingerprint density at radius 2 is 2.00 bits per heavy atom. The molecule has 6 nitrogen and oxygen atoms in total. The minimum absolute atomic E-state index is 0.442. The van der Waals surface area contributed by atoms with Gasteiger partial charge in [-0.25, -0.2) is 10.3 Å². The van der Waals surface area contributed by atoms with Gasteiger partial charge in [-0.15, -0.1) is 0 Å². The second-order valence-corrected chi connectivity index (χ2v) is 3.48. The van der Waals surface area contributed by atoms with E-state index < -0.39 is 24.6 Å². The molecular formula is C12H15NO5. The zero-order valence-corrected chi connectivity index (χ0v) is 9.96. The topological polar surface area (TPSA) is 84.9 Å². The van der Waals surface area contributed by atoms with Crippen LogP contribution in [0.4, 0.5) is 0 Å². The summed E-state index contributed by atoms with van der Waals surface area (Å²) in [4.78, 5) is 26.3. The van der Waals surface area contributed by atoms with Crippen molar-refractivity contribution in [2.24, 2.45) is 0 Å². The number of ether oxygens (including phenoxy) is 1. The lowest BCUT2D eigenvalue weighted by molar-refractivity contribution is -0.152. The van der Waals surface area contributed by atoms with Crippen LogP contribution in [0.15, 0.2) is 30.3 Å². The molecule has 1 aromatic rings. The Hall–Kier alpha value is -2.08. The largest absolute Gasteiger partial charge is 0.481 e. The summed E-state index contributed by atoms with van der Waals surface area (Å²) in [5.41, 5.74) is 2.04. The molecule has 0 aromatic heterocycles.